The fourth-order valence-corrected chi connectivity index (χ4v) is 2.69. The Morgan fingerprint density at radius 1 is 1.50 bits per heavy atom. The number of carbonyl (C=O) groups excluding carboxylic acids is 1. The van der Waals surface area contributed by atoms with Gasteiger partial charge in [-0.1, -0.05) is 19.9 Å². The van der Waals surface area contributed by atoms with Crippen LogP contribution < -0.4 is 0 Å². The second-order valence-corrected chi connectivity index (χ2v) is 5.77. The Balaban J connectivity index is 2.37. The molecule has 0 bridgehead atoms. The zero-order valence-electron chi connectivity index (χ0n) is 12.0. The van der Waals surface area contributed by atoms with E-state index in [1.165, 1.54) is 0 Å². The van der Waals surface area contributed by atoms with Crippen molar-refractivity contribution in [1.29, 1.82) is 0 Å². The number of aromatic nitrogens is 1. The maximum atomic E-state index is 12.1. The molecule has 1 N–H and O–H groups in total. The van der Waals surface area contributed by atoms with Gasteiger partial charge in [-0.3, -0.25) is 14.6 Å². The summed E-state index contributed by atoms with van der Waals surface area (Å²) in [7, 11) is 0. The summed E-state index contributed by atoms with van der Waals surface area (Å²) in [6.45, 7) is 6.49. The number of nitrogens with zero attached hydrogens (tertiary/aromatic N) is 2. The van der Waals surface area contributed by atoms with Crippen LogP contribution in [-0.2, 0) is 9.59 Å². The minimum atomic E-state index is -0.921. The number of aliphatic carboxylic acids is 1. The molecule has 5 nitrogen and oxygen atoms in total. The van der Waals surface area contributed by atoms with Crippen molar-refractivity contribution in [2.75, 3.05) is 6.54 Å². The number of carboxylic acids is 1. The van der Waals surface area contributed by atoms with Crippen molar-refractivity contribution in [3.8, 4) is 0 Å². The maximum Gasteiger partial charge on any atom is 0.309 e. The topological polar surface area (TPSA) is 70.5 Å². The Kier molecular flexibility index (Phi) is 4.06. The second kappa shape index (κ2) is 5.61. The summed E-state index contributed by atoms with van der Waals surface area (Å²) >= 11 is 0. The van der Waals surface area contributed by atoms with Gasteiger partial charge in [-0.2, -0.15) is 0 Å². The Morgan fingerprint density at radius 2 is 2.20 bits per heavy atom. The van der Waals surface area contributed by atoms with Gasteiger partial charge in [-0.25, -0.2) is 0 Å². The molecule has 0 radical (unpaired) electrons. The first-order valence-corrected chi connectivity index (χ1v) is 6.85. The van der Waals surface area contributed by atoms with Crippen molar-refractivity contribution in [2.45, 2.75) is 33.2 Å². The SMILES string of the molecule is Cc1ccc(C2C(C(=O)O)CC(=O)N2CC(C)C)cn1. The number of likely N-dealkylation sites (tertiary alicyclic amines) is 1. The maximum absolute atomic E-state index is 12.1. The number of pyridine rings is 1. The molecule has 1 aromatic rings. The lowest BCUT2D eigenvalue weighted by atomic mass is 9.94. The van der Waals surface area contributed by atoms with Crippen molar-refractivity contribution in [3.63, 3.8) is 0 Å². The third-order valence-electron chi connectivity index (χ3n) is 3.59. The molecule has 2 heterocycles. The number of hydrogen-bond donors (Lipinski definition) is 1. The lowest BCUT2D eigenvalue weighted by Crippen LogP contribution is -2.33. The van der Waals surface area contributed by atoms with Gasteiger partial charge in [0.05, 0.1) is 12.0 Å². The molecule has 1 amide bonds. The Morgan fingerprint density at radius 3 is 2.70 bits per heavy atom. The molecule has 0 saturated carbocycles. The highest BCUT2D eigenvalue weighted by Gasteiger charge is 2.44. The molecular formula is C15H20N2O3. The molecule has 1 saturated heterocycles. The molecule has 20 heavy (non-hydrogen) atoms. The summed E-state index contributed by atoms with van der Waals surface area (Å²) in [6, 6.07) is 3.31. The number of aryl methyl sites for hydroxylation is 1. The van der Waals surface area contributed by atoms with Crippen LogP contribution >= 0.6 is 0 Å². The van der Waals surface area contributed by atoms with Crippen LogP contribution in [0.4, 0.5) is 0 Å². The van der Waals surface area contributed by atoms with E-state index in [0.717, 1.165) is 11.3 Å². The van der Waals surface area contributed by atoms with Crippen LogP contribution in [0, 0.1) is 18.8 Å². The zero-order valence-corrected chi connectivity index (χ0v) is 12.0. The summed E-state index contributed by atoms with van der Waals surface area (Å²) in [4.78, 5) is 29.5. The molecule has 108 valence electrons. The van der Waals surface area contributed by atoms with Gasteiger partial charge >= 0.3 is 5.97 Å². The fraction of sp³-hybridized carbons (Fsp3) is 0.533. The number of amides is 1. The van der Waals surface area contributed by atoms with E-state index in [2.05, 4.69) is 4.98 Å². The molecule has 2 atom stereocenters. The van der Waals surface area contributed by atoms with Gasteiger partial charge in [-0.15, -0.1) is 0 Å². The Hall–Kier alpha value is -1.91. The van der Waals surface area contributed by atoms with Crippen molar-refractivity contribution in [2.24, 2.45) is 11.8 Å². The van der Waals surface area contributed by atoms with E-state index in [9.17, 15) is 14.7 Å². The first kappa shape index (κ1) is 14.5. The highest BCUT2D eigenvalue weighted by molar-refractivity contribution is 5.87. The number of carbonyl (C=O) groups is 2. The largest absolute Gasteiger partial charge is 0.481 e. The van der Waals surface area contributed by atoms with Gasteiger partial charge in [0, 0.05) is 24.9 Å². The summed E-state index contributed by atoms with van der Waals surface area (Å²) in [5, 5.41) is 9.37. The number of carboxylic acid groups (broad SMARTS) is 1. The van der Waals surface area contributed by atoms with Crippen LogP contribution in [0.15, 0.2) is 18.3 Å². The van der Waals surface area contributed by atoms with Gasteiger partial charge in [0.25, 0.3) is 0 Å². The zero-order chi connectivity index (χ0) is 14.9. The number of hydrogen-bond acceptors (Lipinski definition) is 3. The van der Waals surface area contributed by atoms with Crippen LogP contribution in [0.2, 0.25) is 0 Å². The summed E-state index contributed by atoms with van der Waals surface area (Å²) < 4.78 is 0. The first-order valence-electron chi connectivity index (χ1n) is 6.85. The van der Waals surface area contributed by atoms with Crippen molar-refractivity contribution >= 4 is 11.9 Å². The molecule has 1 fully saturated rings. The fourth-order valence-electron chi connectivity index (χ4n) is 2.69. The van der Waals surface area contributed by atoms with Gasteiger partial charge in [0.1, 0.15) is 0 Å². The van der Waals surface area contributed by atoms with Crippen LogP contribution in [0.3, 0.4) is 0 Å². The molecular weight excluding hydrogens is 256 g/mol. The standard InChI is InChI=1S/C15H20N2O3/c1-9(2)8-17-13(18)6-12(15(19)20)14(17)11-5-4-10(3)16-7-11/h4-5,7,9,12,14H,6,8H2,1-3H3,(H,19,20). The molecule has 1 aliphatic rings. The van der Waals surface area contributed by atoms with E-state index in [4.69, 9.17) is 0 Å². The van der Waals surface area contributed by atoms with Crippen molar-refractivity contribution in [3.05, 3.63) is 29.6 Å². The highest BCUT2D eigenvalue weighted by Crippen LogP contribution is 2.38. The molecule has 0 aromatic carbocycles. The third kappa shape index (κ3) is 2.81. The molecule has 0 spiro atoms. The van der Waals surface area contributed by atoms with Gasteiger partial charge in [-0.05, 0) is 24.5 Å². The van der Waals surface area contributed by atoms with E-state index in [-0.39, 0.29) is 12.3 Å². The normalized spacial score (nSPS) is 22.6. The lowest BCUT2D eigenvalue weighted by molar-refractivity contribution is -0.142. The predicted molar refractivity (Wildman–Crippen MR) is 74.0 cm³/mol. The Bertz CT molecular complexity index is 510. The molecule has 0 aliphatic carbocycles. The number of rotatable bonds is 4. The van der Waals surface area contributed by atoms with E-state index >= 15 is 0 Å². The molecule has 5 heteroatoms. The predicted octanol–water partition coefficient (Wildman–Crippen LogP) is 2.02. The summed E-state index contributed by atoms with van der Waals surface area (Å²) in [5.41, 5.74) is 1.68. The highest BCUT2D eigenvalue weighted by atomic mass is 16.4. The van der Waals surface area contributed by atoms with Crippen molar-refractivity contribution in [1.82, 2.24) is 9.88 Å². The second-order valence-electron chi connectivity index (χ2n) is 5.77. The first-order chi connectivity index (χ1) is 9.40. The van der Waals surface area contributed by atoms with Gasteiger partial charge < -0.3 is 10.0 Å². The lowest BCUT2D eigenvalue weighted by Gasteiger charge is -2.28. The van der Waals surface area contributed by atoms with Gasteiger partial charge in [0.15, 0.2) is 0 Å². The summed E-state index contributed by atoms with van der Waals surface area (Å²) in [5.74, 6) is -1.40. The summed E-state index contributed by atoms with van der Waals surface area (Å²) in [6.07, 6.45) is 1.75. The average Bonchev–Trinajstić information content (AvgIpc) is 2.68. The van der Waals surface area contributed by atoms with Crippen LogP contribution in [0.25, 0.3) is 0 Å². The van der Waals surface area contributed by atoms with E-state index in [1.54, 1.807) is 11.1 Å². The molecule has 2 rings (SSSR count). The van der Waals surface area contributed by atoms with Crippen LogP contribution in [0.1, 0.15) is 37.6 Å². The van der Waals surface area contributed by atoms with E-state index in [1.807, 2.05) is 32.9 Å². The average molecular weight is 276 g/mol. The van der Waals surface area contributed by atoms with Crippen LogP contribution in [0.5, 0.6) is 0 Å². The van der Waals surface area contributed by atoms with Crippen molar-refractivity contribution < 1.29 is 14.7 Å². The molecule has 1 aliphatic heterocycles. The Labute approximate surface area is 118 Å². The quantitative estimate of drug-likeness (QED) is 0.913. The third-order valence-corrected chi connectivity index (χ3v) is 3.59. The van der Waals surface area contributed by atoms with E-state index < -0.39 is 17.9 Å². The minimum absolute atomic E-state index is 0.0700. The minimum Gasteiger partial charge on any atom is -0.481 e. The van der Waals surface area contributed by atoms with Gasteiger partial charge in [0.2, 0.25) is 5.91 Å². The monoisotopic (exact) mass is 276 g/mol. The van der Waals surface area contributed by atoms with E-state index in [0.29, 0.717) is 12.5 Å². The van der Waals surface area contributed by atoms with Crippen LogP contribution in [-0.4, -0.2) is 33.4 Å². The molecule has 2 unspecified atom stereocenters. The smallest absolute Gasteiger partial charge is 0.309 e. The molecule has 1 aromatic heterocycles.